The first kappa shape index (κ1) is 20.0. The zero-order valence-electron chi connectivity index (χ0n) is 12.7. The Morgan fingerprint density at radius 1 is 1.00 bits per heavy atom. The minimum Gasteiger partial charge on any atom is -0.478 e. The van der Waals surface area contributed by atoms with Gasteiger partial charge in [0, 0.05) is 10.6 Å². The molecule has 0 unspecified atom stereocenters. The summed E-state index contributed by atoms with van der Waals surface area (Å²) in [4.78, 5) is 11.4. The summed E-state index contributed by atoms with van der Waals surface area (Å²) in [6.07, 6.45) is -9.42. The van der Waals surface area contributed by atoms with Crippen LogP contribution in [0, 0.1) is 0 Å². The van der Waals surface area contributed by atoms with Crippen molar-refractivity contribution in [2.75, 3.05) is 0 Å². The normalized spacial score (nSPS) is 12.1. The van der Waals surface area contributed by atoms with E-state index >= 15 is 0 Å². The van der Waals surface area contributed by atoms with Gasteiger partial charge in [0.05, 0.1) is 11.1 Å². The van der Waals surface area contributed by atoms with Gasteiger partial charge in [-0.25, -0.2) is 4.79 Å². The summed E-state index contributed by atoms with van der Waals surface area (Å²) in [5.74, 6) is -1.99. The van der Waals surface area contributed by atoms with E-state index in [-0.39, 0.29) is 10.6 Å². The highest BCUT2D eigenvalue weighted by atomic mass is 32.2. The Balaban J connectivity index is 2.15. The van der Waals surface area contributed by atoms with Crippen LogP contribution in [0.2, 0.25) is 0 Å². The van der Waals surface area contributed by atoms with Gasteiger partial charge >= 0.3 is 18.5 Å². The first-order chi connectivity index (χ1) is 12.0. The van der Waals surface area contributed by atoms with Gasteiger partial charge in [0.2, 0.25) is 0 Å². The van der Waals surface area contributed by atoms with Crippen LogP contribution in [-0.4, -0.2) is 17.4 Å². The van der Waals surface area contributed by atoms with E-state index in [2.05, 4.69) is 4.74 Å². The second-order valence-corrected chi connectivity index (χ2v) is 6.01. The van der Waals surface area contributed by atoms with E-state index in [1.807, 2.05) is 0 Å². The Labute approximate surface area is 147 Å². The van der Waals surface area contributed by atoms with Gasteiger partial charge < -0.3 is 9.84 Å². The van der Waals surface area contributed by atoms with Crippen LogP contribution in [0.1, 0.15) is 21.5 Å². The molecule has 0 radical (unpaired) electrons. The zero-order chi connectivity index (χ0) is 19.5. The molecule has 0 aliphatic carbocycles. The Morgan fingerprint density at radius 3 is 2.12 bits per heavy atom. The van der Waals surface area contributed by atoms with Gasteiger partial charge in [0.25, 0.3) is 0 Å². The fraction of sp³-hybridized carbons (Fsp3) is 0.188. The van der Waals surface area contributed by atoms with Crippen LogP contribution < -0.4 is 4.74 Å². The van der Waals surface area contributed by atoms with Crippen LogP contribution in [0.4, 0.5) is 26.3 Å². The van der Waals surface area contributed by atoms with E-state index in [4.69, 9.17) is 5.11 Å². The molecule has 2 aromatic rings. The van der Waals surface area contributed by atoms with Crippen LogP contribution in [-0.2, 0) is 11.9 Å². The molecule has 10 heteroatoms. The minimum absolute atomic E-state index is 0.137. The Bertz CT molecular complexity index is 784. The van der Waals surface area contributed by atoms with Crippen molar-refractivity contribution in [3.05, 3.63) is 59.2 Å². The summed E-state index contributed by atoms with van der Waals surface area (Å²) in [6, 6.07) is 7.15. The fourth-order valence-corrected chi connectivity index (χ4v) is 2.93. The SMILES string of the molecule is O=C(O)c1cc(OC(F)(F)F)ccc1SCc1ccc(C(F)(F)F)cc1. The highest BCUT2D eigenvalue weighted by Crippen LogP contribution is 2.33. The first-order valence-electron chi connectivity index (χ1n) is 6.88. The maximum absolute atomic E-state index is 12.5. The number of hydrogen-bond donors (Lipinski definition) is 1. The standard InChI is InChI=1S/C16H10F6O3S/c17-15(18,19)10-3-1-9(2-4-10)8-26-13-6-5-11(25-16(20,21)22)7-12(13)14(23)24/h1-7H,8H2,(H,23,24). The van der Waals surface area contributed by atoms with Crippen molar-refractivity contribution in [1.29, 1.82) is 0 Å². The van der Waals surface area contributed by atoms with Gasteiger partial charge in [-0.3, -0.25) is 0 Å². The number of thioether (sulfide) groups is 1. The third-order valence-corrected chi connectivity index (χ3v) is 4.24. The van der Waals surface area contributed by atoms with E-state index in [0.717, 1.165) is 42.1 Å². The van der Waals surface area contributed by atoms with Crippen LogP contribution in [0.3, 0.4) is 0 Å². The van der Waals surface area contributed by atoms with Gasteiger partial charge in [0.15, 0.2) is 0 Å². The lowest BCUT2D eigenvalue weighted by molar-refractivity contribution is -0.274. The molecule has 2 rings (SSSR count). The average Bonchev–Trinajstić information content (AvgIpc) is 2.51. The third kappa shape index (κ3) is 5.58. The highest BCUT2D eigenvalue weighted by Gasteiger charge is 2.32. The predicted octanol–water partition coefficient (Wildman–Crippen LogP) is 5.59. The molecule has 0 heterocycles. The molecule has 26 heavy (non-hydrogen) atoms. The molecule has 0 saturated heterocycles. The van der Waals surface area contributed by atoms with Crippen molar-refractivity contribution >= 4 is 17.7 Å². The minimum atomic E-state index is -4.95. The molecular formula is C16H10F6O3S. The Kier molecular flexibility index (Phi) is 5.74. The molecule has 0 atom stereocenters. The van der Waals surface area contributed by atoms with E-state index in [1.165, 1.54) is 12.1 Å². The summed E-state index contributed by atoms with van der Waals surface area (Å²) in [7, 11) is 0. The van der Waals surface area contributed by atoms with Gasteiger partial charge in [-0.15, -0.1) is 24.9 Å². The lowest BCUT2D eigenvalue weighted by Gasteiger charge is -2.12. The molecule has 1 N–H and O–H groups in total. The number of carboxylic acids is 1. The molecule has 0 aliphatic heterocycles. The number of halogens is 6. The average molecular weight is 396 g/mol. The predicted molar refractivity (Wildman–Crippen MR) is 81.1 cm³/mol. The van der Waals surface area contributed by atoms with Gasteiger partial charge in [-0.05, 0) is 35.9 Å². The molecule has 3 nitrogen and oxygen atoms in total. The molecule has 140 valence electrons. The molecule has 0 bridgehead atoms. The molecule has 0 fully saturated rings. The Morgan fingerprint density at radius 2 is 1.62 bits per heavy atom. The fourth-order valence-electron chi connectivity index (χ4n) is 1.95. The third-order valence-electron chi connectivity index (χ3n) is 3.09. The molecule has 2 aromatic carbocycles. The second kappa shape index (κ2) is 7.48. The van der Waals surface area contributed by atoms with Crippen molar-refractivity contribution in [3.63, 3.8) is 0 Å². The molecular weight excluding hydrogens is 386 g/mol. The van der Waals surface area contributed by atoms with E-state index in [1.54, 1.807) is 0 Å². The number of carbonyl (C=O) groups is 1. The zero-order valence-corrected chi connectivity index (χ0v) is 13.5. The number of carboxylic acid groups (broad SMARTS) is 1. The molecule has 0 aliphatic rings. The van der Waals surface area contributed by atoms with E-state index < -0.39 is 35.4 Å². The maximum atomic E-state index is 12.5. The largest absolute Gasteiger partial charge is 0.573 e. The lowest BCUT2D eigenvalue weighted by Crippen LogP contribution is -2.17. The maximum Gasteiger partial charge on any atom is 0.573 e. The molecule has 0 aromatic heterocycles. The number of benzene rings is 2. The van der Waals surface area contributed by atoms with Crippen molar-refractivity contribution in [1.82, 2.24) is 0 Å². The van der Waals surface area contributed by atoms with Crippen molar-refractivity contribution in [2.24, 2.45) is 0 Å². The number of alkyl halides is 6. The summed E-state index contributed by atoms with van der Waals surface area (Å²) in [6.45, 7) is 0. The van der Waals surface area contributed by atoms with Crippen molar-refractivity contribution < 1.29 is 41.0 Å². The topological polar surface area (TPSA) is 46.5 Å². The molecule has 0 saturated carbocycles. The van der Waals surface area contributed by atoms with Crippen LogP contribution in [0.5, 0.6) is 5.75 Å². The van der Waals surface area contributed by atoms with Crippen molar-refractivity contribution in [3.8, 4) is 5.75 Å². The van der Waals surface area contributed by atoms with Gasteiger partial charge in [-0.1, -0.05) is 12.1 Å². The second-order valence-electron chi connectivity index (χ2n) is 4.99. The highest BCUT2D eigenvalue weighted by molar-refractivity contribution is 7.98. The smallest absolute Gasteiger partial charge is 0.478 e. The quantitative estimate of drug-likeness (QED) is 0.528. The number of aromatic carboxylic acids is 1. The van der Waals surface area contributed by atoms with Gasteiger partial charge in [0.1, 0.15) is 5.75 Å². The van der Waals surface area contributed by atoms with Gasteiger partial charge in [-0.2, -0.15) is 13.2 Å². The summed E-state index contributed by atoms with van der Waals surface area (Å²) in [5.41, 5.74) is -0.718. The summed E-state index contributed by atoms with van der Waals surface area (Å²) in [5, 5.41) is 9.14. The summed E-state index contributed by atoms with van der Waals surface area (Å²) < 4.78 is 77.8. The Hall–Kier alpha value is -2.36. The summed E-state index contributed by atoms with van der Waals surface area (Å²) >= 11 is 0.970. The van der Waals surface area contributed by atoms with Crippen LogP contribution in [0.25, 0.3) is 0 Å². The molecule has 0 spiro atoms. The number of ether oxygens (including phenoxy) is 1. The molecule has 0 amide bonds. The first-order valence-corrected chi connectivity index (χ1v) is 7.86. The van der Waals surface area contributed by atoms with E-state index in [0.29, 0.717) is 5.56 Å². The van der Waals surface area contributed by atoms with Crippen molar-refractivity contribution in [2.45, 2.75) is 23.2 Å². The lowest BCUT2D eigenvalue weighted by atomic mass is 10.1. The number of hydrogen-bond acceptors (Lipinski definition) is 3. The van der Waals surface area contributed by atoms with E-state index in [9.17, 15) is 31.1 Å². The van der Waals surface area contributed by atoms with Crippen LogP contribution in [0.15, 0.2) is 47.4 Å². The monoisotopic (exact) mass is 396 g/mol. The number of rotatable bonds is 5. The van der Waals surface area contributed by atoms with Crippen LogP contribution >= 0.6 is 11.8 Å².